The summed E-state index contributed by atoms with van der Waals surface area (Å²) in [6.07, 6.45) is 5.81. The van der Waals surface area contributed by atoms with Gasteiger partial charge in [-0.05, 0) is 50.8 Å². The number of hydrogen-bond acceptors (Lipinski definition) is 5. The van der Waals surface area contributed by atoms with Gasteiger partial charge < -0.3 is 4.74 Å². The number of hydrogen-bond donors (Lipinski definition) is 2. The van der Waals surface area contributed by atoms with Crippen LogP contribution in [0.1, 0.15) is 50.1 Å². The van der Waals surface area contributed by atoms with Crippen molar-refractivity contribution in [3.8, 4) is 0 Å². The Morgan fingerprint density at radius 1 is 1.33 bits per heavy atom. The molecule has 3 atom stereocenters. The van der Waals surface area contributed by atoms with Crippen LogP contribution in [0, 0.1) is 11.3 Å². The Kier molecular flexibility index (Phi) is 5.17. The van der Waals surface area contributed by atoms with Gasteiger partial charge in [0.1, 0.15) is 0 Å². The predicted octanol–water partition coefficient (Wildman–Crippen LogP) is 2.50. The lowest BCUT2D eigenvalue weighted by Gasteiger charge is -2.51. The maximum Gasteiger partial charge on any atom is 0.333 e. The lowest BCUT2D eigenvalue weighted by atomic mass is 9.64. The Morgan fingerprint density at radius 3 is 2.83 bits per heavy atom. The lowest BCUT2D eigenvalue weighted by molar-refractivity contribution is -0.167. The van der Waals surface area contributed by atoms with E-state index in [2.05, 4.69) is 22.8 Å². The average Bonchev–Trinajstić information content (AvgIpc) is 3.27. The van der Waals surface area contributed by atoms with E-state index in [9.17, 15) is 13.6 Å². The van der Waals surface area contributed by atoms with Gasteiger partial charge in [0.25, 0.3) is 6.43 Å². The van der Waals surface area contributed by atoms with Gasteiger partial charge in [0.2, 0.25) is 0 Å². The average molecular weight is 421 g/mol. The zero-order valence-corrected chi connectivity index (χ0v) is 17.2. The normalized spacial score (nSPS) is 29.5. The van der Waals surface area contributed by atoms with E-state index in [1.807, 2.05) is 0 Å². The van der Waals surface area contributed by atoms with E-state index in [-0.39, 0.29) is 28.9 Å². The van der Waals surface area contributed by atoms with Crippen LogP contribution in [0.15, 0.2) is 29.3 Å². The molecule has 3 aliphatic rings. The third-order valence-corrected chi connectivity index (χ3v) is 7.40. The summed E-state index contributed by atoms with van der Waals surface area (Å²) in [6.45, 7) is 2.31. The maximum atomic E-state index is 13.4. The minimum atomic E-state index is -2.60. The summed E-state index contributed by atoms with van der Waals surface area (Å²) in [6, 6.07) is 2.95. The van der Waals surface area contributed by atoms with E-state index in [0.717, 1.165) is 52.0 Å². The third kappa shape index (κ3) is 3.28. The quantitative estimate of drug-likeness (QED) is 0.777. The first kappa shape index (κ1) is 20.1. The number of hydrazine groups is 1. The molecule has 0 bridgehead atoms. The summed E-state index contributed by atoms with van der Waals surface area (Å²) in [5.74, 6) is 0.449. The van der Waals surface area contributed by atoms with Gasteiger partial charge in [-0.3, -0.25) is 13.9 Å². The van der Waals surface area contributed by atoms with Crippen LogP contribution in [0.2, 0.25) is 0 Å². The van der Waals surface area contributed by atoms with Gasteiger partial charge in [-0.2, -0.15) is 0 Å². The molecule has 5 rings (SSSR count). The van der Waals surface area contributed by atoms with Crippen LogP contribution in [0.25, 0.3) is 5.52 Å². The van der Waals surface area contributed by atoms with E-state index in [1.54, 1.807) is 17.0 Å². The van der Waals surface area contributed by atoms with Gasteiger partial charge in [-0.15, -0.1) is 0 Å². The Morgan fingerprint density at radius 2 is 2.17 bits per heavy atom. The number of rotatable bonds is 5. The number of fused-ring (bicyclic) bond motifs is 1. The number of aromatic nitrogens is 2. The minimum absolute atomic E-state index is 0.0338. The zero-order chi connectivity index (χ0) is 20.9. The molecule has 2 saturated heterocycles. The van der Waals surface area contributed by atoms with E-state index < -0.39 is 6.43 Å². The summed E-state index contributed by atoms with van der Waals surface area (Å²) in [4.78, 5) is 15.3. The van der Waals surface area contributed by atoms with Gasteiger partial charge in [0, 0.05) is 29.4 Å². The highest BCUT2D eigenvalue weighted by atomic mass is 19.3. The number of nitrogens with zero attached hydrogens (tertiary/aromatic N) is 3. The summed E-state index contributed by atoms with van der Waals surface area (Å²) in [5, 5.41) is 0. The molecule has 2 N–H and O–H groups in total. The molecule has 2 aromatic rings. The van der Waals surface area contributed by atoms with Gasteiger partial charge >= 0.3 is 5.69 Å². The lowest BCUT2D eigenvalue weighted by Crippen LogP contribution is -2.54. The van der Waals surface area contributed by atoms with Crippen molar-refractivity contribution in [3.63, 3.8) is 0 Å². The zero-order valence-electron chi connectivity index (χ0n) is 17.2. The first-order valence-electron chi connectivity index (χ1n) is 10.8. The molecule has 3 fully saturated rings. The number of halogens is 2. The molecule has 0 spiro atoms. The second-order valence-electron chi connectivity index (χ2n) is 9.17. The van der Waals surface area contributed by atoms with Gasteiger partial charge in [-0.1, -0.05) is 6.42 Å². The van der Waals surface area contributed by atoms with Gasteiger partial charge in [0.15, 0.2) is 0 Å². The smallest absolute Gasteiger partial charge is 0.333 e. The highest BCUT2D eigenvalue weighted by molar-refractivity contribution is 5.54. The van der Waals surface area contributed by atoms with E-state index in [1.165, 1.54) is 16.5 Å². The van der Waals surface area contributed by atoms with Crippen molar-refractivity contribution in [2.45, 2.75) is 50.7 Å². The molecule has 1 aliphatic carbocycles. The van der Waals surface area contributed by atoms with Gasteiger partial charge in [0.05, 0.1) is 31.6 Å². The van der Waals surface area contributed by atoms with E-state index >= 15 is 0 Å². The fourth-order valence-electron chi connectivity index (χ4n) is 5.56. The van der Waals surface area contributed by atoms with Crippen molar-refractivity contribution in [1.29, 1.82) is 0 Å². The molecule has 164 valence electrons. The third-order valence-electron chi connectivity index (χ3n) is 7.40. The maximum absolute atomic E-state index is 13.4. The number of imidazole rings is 1. The predicted molar refractivity (Wildman–Crippen MR) is 108 cm³/mol. The number of ether oxygens (including phenoxy) is 1. The van der Waals surface area contributed by atoms with E-state index in [4.69, 9.17) is 4.74 Å². The first-order chi connectivity index (χ1) is 14.5. The molecular weight excluding hydrogens is 392 g/mol. The Hall–Kier alpha value is -1.81. The van der Waals surface area contributed by atoms with Crippen LogP contribution in [-0.4, -0.2) is 47.0 Å². The summed E-state index contributed by atoms with van der Waals surface area (Å²) >= 11 is 0. The van der Waals surface area contributed by atoms with Crippen molar-refractivity contribution < 1.29 is 13.5 Å². The summed E-state index contributed by atoms with van der Waals surface area (Å²) in [7, 11) is 2.10. The first-order valence-corrected chi connectivity index (χ1v) is 10.8. The van der Waals surface area contributed by atoms with Crippen molar-refractivity contribution >= 4 is 5.52 Å². The van der Waals surface area contributed by atoms with Crippen LogP contribution >= 0.6 is 0 Å². The fourth-order valence-corrected chi connectivity index (χ4v) is 5.56. The van der Waals surface area contributed by atoms with Crippen molar-refractivity contribution in [3.05, 3.63) is 40.6 Å². The number of alkyl halides is 2. The molecule has 30 heavy (non-hydrogen) atoms. The van der Waals surface area contributed by atoms with E-state index in [0.29, 0.717) is 11.4 Å². The molecule has 2 aliphatic heterocycles. The van der Waals surface area contributed by atoms with Crippen LogP contribution in [0.3, 0.4) is 0 Å². The highest BCUT2D eigenvalue weighted by Crippen LogP contribution is 2.49. The second-order valence-corrected chi connectivity index (χ2v) is 9.17. The highest BCUT2D eigenvalue weighted by Gasteiger charge is 2.49. The number of pyridine rings is 1. The molecule has 2 aromatic heterocycles. The number of nitrogens with one attached hydrogen (secondary N) is 2. The Balaban J connectivity index is 1.41. The fraction of sp³-hybridized carbons (Fsp3) is 0.667. The molecule has 0 aromatic carbocycles. The van der Waals surface area contributed by atoms with Crippen molar-refractivity contribution in [2.24, 2.45) is 11.3 Å². The van der Waals surface area contributed by atoms with Crippen LogP contribution in [-0.2, 0) is 4.74 Å². The standard InChI is InChI=1S/C21H29F2N5O2/c1-26-13-24-25-18(26)9-21(11-30-12-21)14-4-2-5-15(8-14)28-10-17-16(19(22)23)6-3-7-27(17)20(28)29/h3,6-7,10,14-15,18-19,24-25H,2,4-5,8-9,11-13H2,1H3. The van der Waals surface area contributed by atoms with Crippen LogP contribution in [0.5, 0.6) is 0 Å². The molecule has 0 amide bonds. The molecule has 9 heteroatoms. The van der Waals surface area contributed by atoms with Crippen molar-refractivity contribution in [2.75, 3.05) is 26.9 Å². The summed E-state index contributed by atoms with van der Waals surface area (Å²) in [5.41, 5.74) is 6.64. The van der Waals surface area contributed by atoms with Crippen LogP contribution < -0.4 is 16.5 Å². The topological polar surface area (TPSA) is 62.9 Å². The Bertz CT molecular complexity index is 970. The molecule has 3 unspecified atom stereocenters. The largest absolute Gasteiger partial charge is 0.380 e. The molecule has 0 radical (unpaired) electrons. The Labute approximate surface area is 174 Å². The van der Waals surface area contributed by atoms with Crippen molar-refractivity contribution in [1.82, 2.24) is 24.7 Å². The molecule has 7 nitrogen and oxygen atoms in total. The SMILES string of the molecule is CN1CNNC1CC1(C2CCCC(n3cc4c(C(F)F)cccn4c3=O)C2)COC1. The molecule has 4 heterocycles. The minimum Gasteiger partial charge on any atom is -0.380 e. The van der Waals surface area contributed by atoms with Gasteiger partial charge in [-0.25, -0.2) is 24.4 Å². The summed E-state index contributed by atoms with van der Waals surface area (Å²) < 4.78 is 35.6. The molecule has 1 saturated carbocycles. The second kappa shape index (κ2) is 7.71. The molecular formula is C21H29F2N5O2. The monoisotopic (exact) mass is 421 g/mol. The van der Waals surface area contributed by atoms with Crippen LogP contribution in [0.4, 0.5) is 8.78 Å².